The quantitative estimate of drug-likeness (QED) is 0.701. The summed E-state index contributed by atoms with van der Waals surface area (Å²) in [6.07, 6.45) is 14.3. The number of allylic oxidation sites excluding steroid dienone is 4. The highest BCUT2D eigenvalue weighted by Crippen LogP contribution is 2.40. The summed E-state index contributed by atoms with van der Waals surface area (Å²) in [6.45, 7) is 2.09. The van der Waals surface area contributed by atoms with E-state index in [2.05, 4.69) is 18.2 Å². The lowest BCUT2D eigenvalue weighted by atomic mass is 10.00. The number of hydrogen-bond acceptors (Lipinski definition) is 6. The SMILES string of the molecule is CCCc1cc(-c2nocc2C2=COC=C(C3=CC=CCC3)O2)c(O)cc1OC. The van der Waals surface area contributed by atoms with Crippen molar-refractivity contribution >= 4 is 5.76 Å². The summed E-state index contributed by atoms with van der Waals surface area (Å²) >= 11 is 0. The Labute approximate surface area is 169 Å². The Morgan fingerprint density at radius 1 is 1.17 bits per heavy atom. The van der Waals surface area contributed by atoms with Gasteiger partial charge in [-0.25, -0.2) is 0 Å². The molecule has 0 radical (unpaired) electrons. The minimum atomic E-state index is 0.0603. The molecule has 0 unspecified atom stereocenters. The molecule has 0 atom stereocenters. The third kappa shape index (κ3) is 3.78. The summed E-state index contributed by atoms with van der Waals surface area (Å²) in [7, 11) is 1.59. The summed E-state index contributed by atoms with van der Waals surface area (Å²) in [5.41, 5.74) is 3.69. The number of phenols is 1. The summed E-state index contributed by atoms with van der Waals surface area (Å²) in [5.74, 6) is 1.84. The van der Waals surface area contributed by atoms with Crippen LogP contribution in [0.5, 0.6) is 11.5 Å². The first-order valence-corrected chi connectivity index (χ1v) is 9.66. The zero-order valence-corrected chi connectivity index (χ0v) is 16.5. The van der Waals surface area contributed by atoms with Crippen LogP contribution in [-0.4, -0.2) is 17.4 Å². The maximum absolute atomic E-state index is 10.6. The van der Waals surface area contributed by atoms with Crippen LogP contribution in [0.25, 0.3) is 17.0 Å². The van der Waals surface area contributed by atoms with Gasteiger partial charge in [-0.05, 0) is 36.5 Å². The van der Waals surface area contributed by atoms with Crippen LogP contribution in [0, 0.1) is 0 Å². The Morgan fingerprint density at radius 2 is 2.03 bits per heavy atom. The number of methoxy groups -OCH3 is 1. The molecule has 6 heteroatoms. The van der Waals surface area contributed by atoms with Crippen LogP contribution in [0.3, 0.4) is 0 Å². The fourth-order valence-electron chi connectivity index (χ4n) is 3.46. The van der Waals surface area contributed by atoms with Crippen molar-refractivity contribution in [3.8, 4) is 22.8 Å². The summed E-state index contributed by atoms with van der Waals surface area (Å²) in [4.78, 5) is 0. The van der Waals surface area contributed by atoms with Crippen molar-refractivity contribution in [2.24, 2.45) is 0 Å². The van der Waals surface area contributed by atoms with E-state index in [1.807, 2.05) is 18.2 Å². The number of benzene rings is 1. The predicted octanol–water partition coefficient (Wildman–Crippen LogP) is 5.47. The first kappa shape index (κ1) is 18.9. The average Bonchev–Trinajstić information content (AvgIpc) is 3.25. The molecule has 0 spiro atoms. The van der Waals surface area contributed by atoms with Crippen LogP contribution < -0.4 is 4.74 Å². The molecule has 0 bridgehead atoms. The Kier molecular flexibility index (Phi) is 5.42. The number of aryl methyl sites for hydroxylation is 1. The van der Waals surface area contributed by atoms with E-state index in [9.17, 15) is 5.11 Å². The number of rotatable bonds is 6. The number of nitrogens with zero attached hydrogens (tertiary/aromatic N) is 1. The maximum Gasteiger partial charge on any atom is 0.175 e. The molecular weight excluding hydrogens is 370 g/mol. The number of aromatic hydroxyl groups is 1. The van der Waals surface area contributed by atoms with Crippen molar-refractivity contribution in [2.45, 2.75) is 32.6 Å². The molecule has 1 N–H and O–H groups in total. The molecule has 6 nitrogen and oxygen atoms in total. The molecule has 2 aromatic rings. The fourth-order valence-corrected chi connectivity index (χ4v) is 3.46. The van der Waals surface area contributed by atoms with Gasteiger partial charge in [-0.15, -0.1) is 0 Å². The molecule has 1 aromatic carbocycles. The molecule has 1 aliphatic heterocycles. The monoisotopic (exact) mass is 393 g/mol. The van der Waals surface area contributed by atoms with Gasteiger partial charge in [0.25, 0.3) is 0 Å². The summed E-state index contributed by atoms with van der Waals surface area (Å²) in [5, 5.41) is 14.7. The lowest BCUT2D eigenvalue weighted by molar-refractivity contribution is 0.285. The molecule has 0 saturated carbocycles. The van der Waals surface area contributed by atoms with Gasteiger partial charge in [0, 0.05) is 11.6 Å². The topological polar surface area (TPSA) is 74.0 Å². The van der Waals surface area contributed by atoms with E-state index >= 15 is 0 Å². The lowest BCUT2D eigenvalue weighted by Crippen LogP contribution is -2.04. The van der Waals surface area contributed by atoms with Gasteiger partial charge in [0.1, 0.15) is 36.0 Å². The molecule has 150 valence electrons. The highest BCUT2D eigenvalue weighted by Gasteiger charge is 2.24. The standard InChI is InChI=1S/C23H23NO5/c1-3-7-16-10-17(19(25)11-20(16)26-2)23-18(12-28-24-23)22-14-27-13-21(29-22)15-8-5-4-6-9-15/h4-5,8,10-14,25H,3,6-7,9H2,1-2H3. The fraction of sp³-hybridized carbons (Fsp3) is 0.261. The average molecular weight is 393 g/mol. The van der Waals surface area contributed by atoms with Crippen LogP contribution in [0.4, 0.5) is 0 Å². The van der Waals surface area contributed by atoms with E-state index in [1.165, 1.54) is 12.5 Å². The number of hydrogen-bond donors (Lipinski definition) is 1. The van der Waals surface area contributed by atoms with Crippen molar-refractivity contribution in [2.75, 3.05) is 7.11 Å². The molecule has 0 saturated heterocycles. The predicted molar refractivity (Wildman–Crippen MR) is 109 cm³/mol. The van der Waals surface area contributed by atoms with Crippen molar-refractivity contribution in [1.82, 2.24) is 5.16 Å². The highest BCUT2D eigenvalue weighted by atomic mass is 16.5. The third-order valence-corrected chi connectivity index (χ3v) is 4.91. The molecule has 0 fully saturated rings. The minimum Gasteiger partial charge on any atom is -0.507 e. The molecular formula is C23H23NO5. The second-order valence-electron chi connectivity index (χ2n) is 6.87. The van der Waals surface area contributed by atoms with E-state index in [-0.39, 0.29) is 5.75 Å². The Balaban J connectivity index is 1.68. The van der Waals surface area contributed by atoms with Gasteiger partial charge in [-0.1, -0.05) is 36.7 Å². The van der Waals surface area contributed by atoms with E-state index in [1.54, 1.807) is 19.4 Å². The number of ether oxygens (including phenoxy) is 3. The van der Waals surface area contributed by atoms with Gasteiger partial charge >= 0.3 is 0 Å². The van der Waals surface area contributed by atoms with Crippen LogP contribution >= 0.6 is 0 Å². The van der Waals surface area contributed by atoms with E-state index in [4.69, 9.17) is 18.7 Å². The second kappa shape index (κ2) is 8.31. The van der Waals surface area contributed by atoms with Crippen molar-refractivity contribution in [1.29, 1.82) is 0 Å². The first-order chi connectivity index (χ1) is 14.2. The Hall–Kier alpha value is -3.41. The zero-order chi connectivity index (χ0) is 20.2. The molecule has 4 rings (SSSR count). The van der Waals surface area contributed by atoms with E-state index < -0.39 is 0 Å². The van der Waals surface area contributed by atoms with Gasteiger partial charge in [0.15, 0.2) is 11.5 Å². The van der Waals surface area contributed by atoms with Gasteiger partial charge in [0.2, 0.25) is 0 Å². The van der Waals surface area contributed by atoms with Gasteiger partial charge in [-0.2, -0.15) is 0 Å². The smallest absolute Gasteiger partial charge is 0.175 e. The summed E-state index contributed by atoms with van der Waals surface area (Å²) < 4.78 is 22.2. The molecule has 2 heterocycles. The lowest BCUT2D eigenvalue weighted by Gasteiger charge is -2.19. The Bertz CT molecular complexity index is 1030. The molecule has 2 aliphatic rings. The molecule has 29 heavy (non-hydrogen) atoms. The van der Waals surface area contributed by atoms with Crippen molar-refractivity contribution in [3.63, 3.8) is 0 Å². The minimum absolute atomic E-state index is 0.0603. The molecule has 1 aromatic heterocycles. The molecule has 1 aliphatic carbocycles. The van der Waals surface area contributed by atoms with Crippen LogP contribution in [0.2, 0.25) is 0 Å². The van der Waals surface area contributed by atoms with Crippen molar-refractivity contribution in [3.05, 3.63) is 71.6 Å². The van der Waals surface area contributed by atoms with Gasteiger partial charge < -0.3 is 23.8 Å². The van der Waals surface area contributed by atoms with Gasteiger partial charge in [-0.3, -0.25) is 0 Å². The number of aromatic nitrogens is 1. The van der Waals surface area contributed by atoms with Crippen LogP contribution in [0.1, 0.15) is 37.3 Å². The normalized spacial score (nSPS) is 15.7. The summed E-state index contributed by atoms with van der Waals surface area (Å²) in [6, 6.07) is 3.49. The Morgan fingerprint density at radius 3 is 2.79 bits per heavy atom. The van der Waals surface area contributed by atoms with Crippen molar-refractivity contribution < 1.29 is 23.8 Å². The third-order valence-electron chi connectivity index (χ3n) is 4.91. The van der Waals surface area contributed by atoms with Gasteiger partial charge in [0.05, 0.1) is 12.7 Å². The van der Waals surface area contributed by atoms with Crippen LogP contribution in [-0.2, 0) is 15.9 Å². The first-order valence-electron chi connectivity index (χ1n) is 9.66. The second-order valence-corrected chi connectivity index (χ2v) is 6.87. The zero-order valence-electron chi connectivity index (χ0n) is 16.5. The molecule has 0 amide bonds. The maximum atomic E-state index is 10.6. The van der Waals surface area contributed by atoms with Crippen LogP contribution in [0.15, 0.2) is 65.0 Å². The van der Waals surface area contributed by atoms with E-state index in [0.29, 0.717) is 34.1 Å². The number of phenolic OH excluding ortho intramolecular Hbond substituents is 1. The van der Waals surface area contributed by atoms with E-state index in [0.717, 1.165) is 36.8 Å². The highest BCUT2D eigenvalue weighted by molar-refractivity contribution is 5.80. The largest absolute Gasteiger partial charge is 0.507 e.